The molecule has 0 spiro atoms. The number of hydrogen-bond donors (Lipinski definition) is 1. The Morgan fingerprint density at radius 2 is 2.00 bits per heavy atom. The van der Waals surface area contributed by atoms with Crippen LogP contribution in [0.25, 0.3) is 0 Å². The van der Waals surface area contributed by atoms with Crippen LogP contribution >= 0.6 is 0 Å². The van der Waals surface area contributed by atoms with Crippen molar-refractivity contribution in [3.63, 3.8) is 0 Å². The molecule has 19 heavy (non-hydrogen) atoms. The highest BCUT2D eigenvalue weighted by atomic mass is 16.5. The van der Waals surface area contributed by atoms with Gasteiger partial charge >= 0.3 is 0 Å². The van der Waals surface area contributed by atoms with Crippen LogP contribution in [0, 0.1) is 0 Å². The summed E-state index contributed by atoms with van der Waals surface area (Å²) in [5, 5.41) is 7.45. The molecule has 0 aromatic carbocycles. The van der Waals surface area contributed by atoms with E-state index < -0.39 is 0 Å². The Morgan fingerprint density at radius 3 is 2.58 bits per heavy atom. The predicted octanol–water partition coefficient (Wildman–Crippen LogP) is 0.453. The molecule has 1 aromatic heterocycles. The van der Waals surface area contributed by atoms with Crippen molar-refractivity contribution < 1.29 is 4.52 Å². The van der Waals surface area contributed by atoms with Crippen molar-refractivity contribution in [3.8, 4) is 0 Å². The Kier molecular flexibility index (Phi) is 3.56. The van der Waals surface area contributed by atoms with Crippen LogP contribution in [-0.2, 0) is 0 Å². The van der Waals surface area contributed by atoms with Gasteiger partial charge in [0.15, 0.2) is 5.82 Å². The van der Waals surface area contributed by atoms with Gasteiger partial charge in [-0.25, -0.2) is 0 Å². The van der Waals surface area contributed by atoms with Gasteiger partial charge in [-0.1, -0.05) is 12.1 Å². The summed E-state index contributed by atoms with van der Waals surface area (Å²) in [4.78, 5) is 9.59. The van der Waals surface area contributed by atoms with Crippen molar-refractivity contribution in [1.82, 2.24) is 25.3 Å². The van der Waals surface area contributed by atoms with Gasteiger partial charge in [0.05, 0.1) is 12.0 Å². The quantitative estimate of drug-likeness (QED) is 0.853. The second-order valence-electron chi connectivity index (χ2n) is 5.71. The molecule has 3 unspecified atom stereocenters. The Labute approximate surface area is 114 Å². The third-order valence-corrected chi connectivity index (χ3v) is 4.63. The molecule has 3 aliphatic heterocycles. The lowest BCUT2D eigenvalue weighted by Crippen LogP contribution is -2.57. The largest absolute Gasteiger partial charge is 0.339 e. The highest BCUT2D eigenvalue weighted by Crippen LogP contribution is 2.28. The molecule has 0 radical (unpaired) electrons. The Bertz CT molecular complexity index is 426. The van der Waals surface area contributed by atoms with E-state index >= 15 is 0 Å². The monoisotopic (exact) mass is 265 g/mol. The number of rotatable bonds is 4. The minimum atomic E-state index is 0.238. The number of nitrogens with zero attached hydrogens (tertiary/aromatic N) is 4. The van der Waals surface area contributed by atoms with E-state index in [0.717, 1.165) is 31.3 Å². The molecule has 3 atom stereocenters. The lowest BCUT2D eigenvalue weighted by atomic mass is 10.0. The van der Waals surface area contributed by atoms with E-state index in [0.29, 0.717) is 12.1 Å². The summed E-state index contributed by atoms with van der Waals surface area (Å²) < 4.78 is 5.46. The molecule has 3 fully saturated rings. The molecule has 0 aliphatic carbocycles. The summed E-state index contributed by atoms with van der Waals surface area (Å²) >= 11 is 0. The molecule has 1 N–H and O–H groups in total. The van der Waals surface area contributed by atoms with E-state index in [1.807, 2.05) is 7.05 Å². The van der Waals surface area contributed by atoms with E-state index in [1.165, 1.54) is 13.1 Å². The smallest absolute Gasteiger partial charge is 0.231 e. The summed E-state index contributed by atoms with van der Waals surface area (Å²) in [5.41, 5.74) is 0. The molecule has 0 amide bonds. The summed E-state index contributed by atoms with van der Waals surface area (Å²) in [5.74, 6) is 1.84. The normalized spacial score (nSPS) is 33.3. The van der Waals surface area contributed by atoms with Crippen LogP contribution in [0.2, 0.25) is 0 Å². The van der Waals surface area contributed by atoms with Gasteiger partial charge in [0.25, 0.3) is 0 Å². The first-order chi connectivity index (χ1) is 9.19. The first-order valence-electron chi connectivity index (χ1n) is 7.16. The van der Waals surface area contributed by atoms with Gasteiger partial charge in [-0.3, -0.25) is 9.80 Å². The van der Waals surface area contributed by atoms with Gasteiger partial charge in [-0.2, -0.15) is 4.98 Å². The van der Waals surface area contributed by atoms with Crippen molar-refractivity contribution in [2.75, 3.05) is 39.8 Å². The SMILES string of the molecule is CNC(C)C(C)c1nc(C2CN3CCN2CC3)no1. The number of aromatic nitrogens is 2. The average molecular weight is 265 g/mol. The first-order valence-corrected chi connectivity index (χ1v) is 7.16. The van der Waals surface area contributed by atoms with Gasteiger partial charge in [0, 0.05) is 38.8 Å². The topological polar surface area (TPSA) is 57.4 Å². The summed E-state index contributed by atoms with van der Waals surface area (Å²) in [6.45, 7) is 9.88. The fraction of sp³-hybridized carbons (Fsp3) is 0.846. The minimum absolute atomic E-state index is 0.238. The fourth-order valence-corrected chi connectivity index (χ4v) is 2.89. The second kappa shape index (κ2) is 5.19. The van der Waals surface area contributed by atoms with Gasteiger partial charge in [0.1, 0.15) is 0 Å². The number of hydrogen-bond acceptors (Lipinski definition) is 6. The molecule has 3 aliphatic rings. The zero-order valence-electron chi connectivity index (χ0n) is 12.0. The number of piperazine rings is 3. The molecule has 1 aromatic rings. The highest BCUT2D eigenvalue weighted by molar-refractivity contribution is 5.04. The van der Waals surface area contributed by atoms with Crippen molar-refractivity contribution in [3.05, 3.63) is 11.7 Å². The van der Waals surface area contributed by atoms with Crippen molar-refractivity contribution in [1.29, 1.82) is 0 Å². The Morgan fingerprint density at radius 1 is 1.26 bits per heavy atom. The van der Waals surface area contributed by atoms with Crippen LogP contribution in [0.15, 0.2) is 4.52 Å². The lowest BCUT2D eigenvalue weighted by Gasteiger charge is -2.46. The molecule has 2 bridgehead atoms. The van der Waals surface area contributed by atoms with E-state index in [9.17, 15) is 0 Å². The van der Waals surface area contributed by atoms with Crippen LogP contribution < -0.4 is 5.32 Å². The maximum atomic E-state index is 5.46. The van der Waals surface area contributed by atoms with Crippen LogP contribution in [0.4, 0.5) is 0 Å². The zero-order chi connectivity index (χ0) is 13.4. The summed E-state index contributed by atoms with van der Waals surface area (Å²) in [7, 11) is 1.96. The Balaban J connectivity index is 1.74. The van der Waals surface area contributed by atoms with Gasteiger partial charge in [-0.05, 0) is 14.0 Å². The highest BCUT2D eigenvalue weighted by Gasteiger charge is 2.36. The summed E-state index contributed by atoms with van der Waals surface area (Å²) in [6, 6.07) is 0.650. The molecule has 0 saturated carbocycles. The van der Waals surface area contributed by atoms with E-state index in [4.69, 9.17) is 4.52 Å². The standard InChI is InChI=1S/C13H23N5O/c1-9(10(2)14-3)13-15-12(16-19-13)11-8-17-4-6-18(11)7-5-17/h9-11,14H,4-8H2,1-3H3. The minimum Gasteiger partial charge on any atom is -0.339 e. The van der Waals surface area contributed by atoms with Crippen LogP contribution in [-0.4, -0.2) is 65.8 Å². The third-order valence-electron chi connectivity index (χ3n) is 4.63. The molecule has 3 saturated heterocycles. The van der Waals surface area contributed by atoms with Crippen molar-refractivity contribution in [2.24, 2.45) is 0 Å². The number of likely N-dealkylation sites (N-methyl/N-ethyl adjacent to an activating group) is 1. The maximum Gasteiger partial charge on any atom is 0.231 e. The molecule has 6 nitrogen and oxygen atoms in total. The summed E-state index contributed by atoms with van der Waals surface area (Å²) in [6.07, 6.45) is 0. The van der Waals surface area contributed by atoms with Crippen LogP contribution in [0.1, 0.15) is 37.5 Å². The number of fused-ring (bicyclic) bond motifs is 3. The van der Waals surface area contributed by atoms with Crippen molar-refractivity contribution >= 4 is 0 Å². The second-order valence-corrected chi connectivity index (χ2v) is 5.71. The molecule has 6 heteroatoms. The Hall–Kier alpha value is -0.980. The number of nitrogens with one attached hydrogen (secondary N) is 1. The van der Waals surface area contributed by atoms with Crippen LogP contribution in [0.5, 0.6) is 0 Å². The molecule has 4 rings (SSSR count). The van der Waals surface area contributed by atoms with Crippen molar-refractivity contribution in [2.45, 2.75) is 31.8 Å². The third kappa shape index (κ3) is 2.40. The molecule has 106 valence electrons. The van der Waals surface area contributed by atoms with E-state index in [2.05, 4.69) is 39.1 Å². The first kappa shape index (κ1) is 13.0. The van der Waals surface area contributed by atoms with Gasteiger partial charge < -0.3 is 9.84 Å². The molecular weight excluding hydrogens is 242 g/mol. The maximum absolute atomic E-state index is 5.46. The molecular formula is C13H23N5O. The zero-order valence-corrected chi connectivity index (χ0v) is 12.0. The predicted molar refractivity (Wildman–Crippen MR) is 72.0 cm³/mol. The van der Waals surface area contributed by atoms with Crippen LogP contribution in [0.3, 0.4) is 0 Å². The molecule has 4 heterocycles. The fourth-order valence-electron chi connectivity index (χ4n) is 2.89. The lowest BCUT2D eigenvalue weighted by molar-refractivity contribution is 0.00781. The average Bonchev–Trinajstić information content (AvgIpc) is 2.96. The van der Waals surface area contributed by atoms with E-state index in [1.54, 1.807) is 0 Å². The van der Waals surface area contributed by atoms with Gasteiger partial charge in [0.2, 0.25) is 5.89 Å². The van der Waals surface area contributed by atoms with Gasteiger partial charge in [-0.15, -0.1) is 0 Å². The van der Waals surface area contributed by atoms with E-state index in [-0.39, 0.29) is 5.92 Å².